The molecule has 1 atom stereocenters. The summed E-state index contributed by atoms with van der Waals surface area (Å²) in [5.74, 6) is -0.879. The molecular weight excluding hydrogens is 248 g/mol. The molecule has 2 aromatic heterocycles. The van der Waals surface area contributed by atoms with E-state index in [1.54, 1.807) is 17.6 Å². The fraction of sp³-hybridized carbons (Fsp3) is 0.231. The molecule has 0 saturated carbocycles. The minimum Gasteiger partial charge on any atom is -0.478 e. The zero-order chi connectivity index (χ0) is 13.0. The first-order chi connectivity index (χ1) is 8.66. The molecule has 18 heavy (non-hydrogen) atoms. The highest BCUT2D eigenvalue weighted by molar-refractivity contribution is 7.10. The molecule has 0 radical (unpaired) electrons. The number of aromatic nitrogens is 1. The number of pyridine rings is 1. The van der Waals surface area contributed by atoms with Crippen LogP contribution in [0, 0.1) is 0 Å². The summed E-state index contributed by atoms with van der Waals surface area (Å²) >= 11 is 1.45. The Kier molecular flexibility index (Phi) is 4.07. The van der Waals surface area contributed by atoms with E-state index in [9.17, 15) is 4.79 Å². The number of nitrogens with zero attached hydrogens (tertiary/aromatic N) is 1. The normalized spacial score (nSPS) is 12.3. The Hall–Kier alpha value is -1.72. The fourth-order valence-corrected chi connectivity index (χ4v) is 2.38. The Bertz CT molecular complexity index is 525. The van der Waals surface area contributed by atoms with Crippen LogP contribution < -0.4 is 5.32 Å². The van der Waals surface area contributed by atoms with E-state index >= 15 is 0 Å². The Morgan fingerprint density at radius 1 is 1.56 bits per heavy atom. The highest BCUT2D eigenvalue weighted by Crippen LogP contribution is 2.16. The number of aromatic carboxylic acids is 1. The predicted octanol–water partition coefficient (Wildman–Crippen LogP) is 2.69. The van der Waals surface area contributed by atoms with Gasteiger partial charge in [0.15, 0.2) is 0 Å². The molecule has 0 fully saturated rings. The first-order valence-electron chi connectivity index (χ1n) is 5.62. The van der Waals surface area contributed by atoms with Gasteiger partial charge in [-0.25, -0.2) is 4.79 Å². The van der Waals surface area contributed by atoms with Crippen molar-refractivity contribution in [2.45, 2.75) is 19.5 Å². The number of carboxylic acids is 1. The van der Waals surface area contributed by atoms with Gasteiger partial charge in [-0.1, -0.05) is 6.07 Å². The van der Waals surface area contributed by atoms with E-state index in [1.807, 2.05) is 25.1 Å². The molecule has 5 heteroatoms. The fourth-order valence-electron chi connectivity index (χ4n) is 1.58. The van der Waals surface area contributed by atoms with Crippen LogP contribution in [0.1, 0.15) is 33.9 Å². The Labute approximate surface area is 109 Å². The van der Waals surface area contributed by atoms with Crippen molar-refractivity contribution in [1.29, 1.82) is 0 Å². The average Bonchev–Trinajstić information content (AvgIpc) is 2.86. The lowest BCUT2D eigenvalue weighted by atomic mass is 10.2. The zero-order valence-corrected chi connectivity index (χ0v) is 10.8. The van der Waals surface area contributed by atoms with Crippen LogP contribution in [-0.2, 0) is 6.54 Å². The van der Waals surface area contributed by atoms with Crippen molar-refractivity contribution < 1.29 is 9.90 Å². The molecule has 0 aliphatic rings. The number of thiophene rings is 1. The minimum atomic E-state index is -0.879. The van der Waals surface area contributed by atoms with Gasteiger partial charge in [-0.2, -0.15) is 0 Å². The van der Waals surface area contributed by atoms with Gasteiger partial charge in [-0.3, -0.25) is 4.98 Å². The standard InChI is InChI=1S/C13H14N2O2S/c1-9(12-4-2-3-5-14-12)15-7-11-6-10(8-18-11)13(16)17/h2-6,8-9,15H,7H2,1H3,(H,16,17). The lowest BCUT2D eigenvalue weighted by molar-refractivity contribution is 0.0697. The van der Waals surface area contributed by atoms with Gasteiger partial charge in [0.25, 0.3) is 0 Å². The number of carbonyl (C=O) groups is 1. The number of carboxylic acid groups (broad SMARTS) is 1. The van der Waals surface area contributed by atoms with E-state index in [0.29, 0.717) is 12.1 Å². The number of rotatable bonds is 5. The van der Waals surface area contributed by atoms with Crippen molar-refractivity contribution in [1.82, 2.24) is 10.3 Å². The summed E-state index contributed by atoms with van der Waals surface area (Å²) in [6.45, 7) is 2.68. The van der Waals surface area contributed by atoms with E-state index in [0.717, 1.165) is 10.6 Å². The maximum absolute atomic E-state index is 10.8. The van der Waals surface area contributed by atoms with Crippen LogP contribution >= 0.6 is 11.3 Å². The summed E-state index contributed by atoms with van der Waals surface area (Å²) in [7, 11) is 0. The third-order valence-electron chi connectivity index (χ3n) is 2.61. The summed E-state index contributed by atoms with van der Waals surface area (Å²) in [5, 5.41) is 13.8. The highest BCUT2D eigenvalue weighted by Gasteiger charge is 2.09. The number of hydrogen-bond donors (Lipinski definition) is 2. The minimum absolute atomic E-state index is 0.140. The SMILES string of the molecule is CC(NCc1cc(C(=O)O)cs1)c1ccccn1. The largest absolute Gasteiger partial charge is 0.478 e. The summed E-state index contributed by atoms with van der Waals surface area (Å²) < 4.78 is 0. The number of nitrogens with one attached hydrogen (secondary N) is 1. The average molecular weight is 262 g/mol. The molecule has 2 aromatic rings. The third-order valence-corrected chi connectivity index (χ3v) is 3.55. The van der Waals surface area contributed by atoms with Gasteiger partial charge in [0.1, 0.15) is 0 Å². The van der Waals surface area contributed by atoms with Gasteiger partial charge in [0.2, 0.25) is 0 Å². The van der Waals surface area contributed by atoms with Crippen molar-refractivity contribution in [3.05, 3.63) is 52.0 Å². The van der Waals surface area contributed by atoms with Crippen molar-refractivity contribution in [2.24, 2.45) is 0 Å². The van der Waals surface area contributed by atoms with Gasteiger partial charge in [0.05, 0.1) is 11.3 Å². The van der Waals surface area contributed by atoms with E-state index in [-0.39, 0.29) is 6.04 Å². The maximum atomic E-state index is 10.8. The van der Waals surface area contributed by atoms with Crippen LogP contribution in [0.3, 0.4) is 0 Å². The summed E-state index contributed by atoms with van der Waals surface area (Å²) in [5.41, 5.74) is 1.33. The lowest BCUT2D eigenvalue weighted by Gasteiger charge is -2.11. The topological polar surface area (TPSA) is 62.2 Å². The first-order valence-corrected chi connectivity index (χ1v) is 6.50. The second kappa shape index (κ2) is 5.75. The van der Waals surface area contributed by atoms with Gasteiger partial charge >= 0.3 is 5.97 Å². The quantitative estimate of drug-likeness (QED) is 0.869. The van der Waals surface area contributed by atoms with Crippen LogP contribution in [0.2, 0.25) is 0 Å². The molecular formula is C13H14N2O2S. The molecule has 0 amide bonds. The van der Waals surface area contributed by atoms with Gasteiger partial charge in [-0.15, -0.1) is 11.3 Å². The molecule has 2 rings (SSSR count). The second-order valence-corrected chi connectivity index (χ2v) is 4.96. The van der Waals surface area contributed by atoms with Crippen molar-refractivity contribution >= 4 is 17.3 Å². The molecule has 94 valence electrons. The smallest absolute Gasteiger partial charge is 0.336 e. The monoisotopic (exact) mass is 262 g/mol. The van der Waals surface area contributed by atoms with Gasteiger partial charge in [-0.05, 0) is 25.1 Å². The first kappa shape index (κ1) is 12.7. The van der Waals surface area contributed by atoms with Crippen LogP contribution in [0.15, 0.2) is 35.8 Å². The van der Waals surface area contributed by atoms with Gasteiger partial charge < -0.3 is 10.4 Å². The predicted molar refractivity (Wildman–Crippen MR) is 70.8 cm³/mol. The number of hydrogen-bond acceptors (Lipinski definition) is 4. The third kappa shape index (κ3) is 3.15. The van der Waals surface area contributed by atoms with Crippen LogP contribution in [-0.4, -0.2) is 16.1 Å². The molecule has 0 spiro atoms. The molecule has 0 aliphatic carbocycles. The van der Waals surface area contributed by atoms with Crippen LogP contribution in [0.4, 0.5) is 0 Å². The van der Waals surface area contributed by atoms with E-state index < -0.39 is 5.97 Å². The highest BCUT2D eigenvalue weighted by atomic mass is 32.1. The summed E-state index contributed by atoms with van der Waals surface area (Å²) in [4.78, 5) is 16.0. The van der Waals surface area contributed by atoms with Crippen LogP contribution in [0.25, 0.3) is 0 Å². The lowest BCUT2D eigenvalue weighted by Crippen LogP contribution is -2.18. The van der Waals surface area contributed by atoms with Gasteiger partial charge in [0, 0.05) is 29.0 Å². The molecule has 0 aromatic carbocycles. The Morgan fingerprint density at radius 3 is 3.00 bits per heavy atom. The molecule has 2 heterocycles. The maximum Gasteiger partial charge on any atom is 0.336 e. The van der Waals surface area contributed by atoms with Crippen LogP contribution in [0.5, 0.6) is 0 Å². The van der Waals surface area contributed by atoms with E-state index in [1.165, 1.54) is 11.3 Å². The molecule has 1 unspecified atom stereocenters. The summed E-state index contributed by atoms with van der Waals surface area (Å²) in [6, 6.07) is 7.64. The molecule has 0 bridgehead atoms. The van der Waals surface area contributed by atoms with Crippen molar-refractivity contribution in [3.63, 3.8) is 0 Å². The second-order valence-electron chi connectivity index (χ2n) is 3.96. The summed E-state index contributed by atoms with van der Waals surface area (Å²) in [6.07, 6.45) is 1.77. The zero-order valence-electron chi connectivity index (χ0n) is 9.96. The van der Waals surface area contributed by atoms with E-state index in [2.05, 4.69) is 10.3 Å². The molecule has 2 N–H and O–H groups in total. The Balaban J connectivity index is 1.93. The molecule has 0 aliphatic heterocycles. The van der Waals surface area contributed by atoms with Crippen molar-refractivity contribution in [2.75, 3.05) is 0 Å². The van der Waals surface area contributed by atoms with Crippen molar-refractivity contribution in [3.8, 4) is 0 Å². The Morgan fingerprint density at radius 2 is 2.39 bits per heavy atom. The molecule has 4 nitrogen and oxygen atoms in total. The molecule has 0 saturated heterocycles. The van der Waals surface area contributed by atoms with E-state index in [4.69, 9.17) is 5.11 Å².